The van der Waals surface area contributed by atoms with Gasteiger partial charge in [-0.25, -0.2) is 9.59 Å². The first-order chi connectivity index (χ1) is 18.6. The van der Waals surface area contributed by atoms with Crippen molar-refractivity contribution in [3.63, 3.8) is 0 Å². The Bertz CT molecular complexity index is 593. The molecule has 2 heterocycles. The van der Waals surface area contributed by atoms with Crippen LogP contribution in [0.4, 0.5) is 0 Å². The van der Waals surface area contributed by atoms with Gasteiger partial charge in [0.15, 0.2) is 0 Å². The zero-order chi connectivity index (χ0) is 27.3. The molecule has 2 rings (SSSR count). The predicted octanol–water partition coefficient (Wildman–Crippen LogP) is 4.75. The van der Waals surface area contributed by atoms with Crippen LogP contribution < -0.4 is 0 Å². The van der Waals surface area contributed by atoms with Gasteiger partial charge in [-0.3, -0.25) is 9.80 Å². The van der Waals surface area contributed by atoms with Gasteiger partial charge < -0.3 is 18.9 Å². The molecule has 8 nitrogen and oxygen atoms in total. The number of carbonyl (C=O) groups excluding carboxylic acids is 2. The van der Waals surface area contributed by atoms with E-state index < -0.39 is 11.9 Å². The molecule has 0 aromatic rings. The van der Waals surface area contributed by atoms with E-state index in [1.807, 2.05) is 13.8 Å². The Kier molecular flexibility index (Phi) is 18.4. The van der Waals surface area contributed by atoms with Crippen LogP contribution in [0.1, 0.15) is 90.9 Å². The molecule has 0 aromatic heterocycles. The minimum absolute atomic E-state index is 0.103. The molecule has 0 amide bonds. The Morgan fingerprint density at radius 2 is 1.00 bits per heavy atom. The number of unbranched alkanes of at least 4 members (excludes halogenated alkanes) is 6. The van der Waals surface area contributed by atoms with Crippen molar-refractivity contribution in [1.82, 2.24) is 9.80 Å². The summed E-state index contributed by atoms with van der Waals surface area (Å²) in [6.45, 7) is 13.9. The summed E-state index contributed by atoms with van der Waals surface area (Å²) in [6, 6.07) is 0. The number of esters is 2. The Labute approximate surface area is 231 Å². The van der Waals surface area contributed by atoms with Crippen molar-refractivity contribution < 1.29 is 28.5 Å². The van der Waals surface area contributed by atoms with Crippen molar-refractivity contribution in [2.45, 2.75) is 103 Å². The van der Waals surface area contributed by atoms with Gasteiger partial charge in [0, 0.05) is 38.3 Å². The van der Waals surface area contributed by atoms with Crippen molar-refractivity contribution in [2.75, 3.05) is 65.7 Å². The summed E-state index contributed by atoms with van der Waals surface area (Å²) < 4.78 is 21.9. The highest BCUT2D eigenvalue weighted by Gasteiger charge is 2.14. The van der Waals surface area contributed by atoms with Crippen LogP contribution in [-0.4, -0.2) is 99.6 Å². The summed E-state index contributed by atoms with van der Waals surface area (Å²) in [5.74, 6) is -0.927. The summed E-state index contributed by atoms with van der Waals surface area (Å²) in [5, 5.41) is 0. The quantitative estimate of drug-likeness (QED) is 0.125. The van der Waals surface area contributed by atoms with Crippen LogP contribution in [0, 0.1) is 0 Å². The Balaban J connectivity index is 1.50. The summed E-state index contributed by atoms with van der Waals surface area (Å²) >= 11 is 0. The number of ether oxygens (including phenoxy) is 4. The molecule has 0 bridgehead atoms. The fourth-order valence-electron chi connectivity index (χ4n) is 5.01. The smallest absolute Gasteiger partial charge is 0.331 e. The largest absolute Gasteiger partial charge is 0.459 e. The maximum atomic E-state index is 12.2. The molecule has 2 atom stereocenters. The van der Waals surface area contributed by atoms with Gasteiger partial charge in [-0.05, 0) is 64.5 Å². The monoisotopic (exact) mass is 538 g/mol. The van der Waals surface area contributed by atoms with E-state index in [0.29, 0.717) is 0 Å². The SMILES string of the molecule is CCC(CCCCCCN1CCOCC1)OC(=O)/C=C/C(=O)OC(CC)CCCCCCN1CCOCC1. The van der Waals surface area contributed by atoms with Crippen molar-refractivity contribution >= 4 is 11.9 Å². The molecule has 2 aliphatic rings. The lowest BCUT2D eigenvalue weighted by molar-refractivity contribution is -0.146. The Morgan fingerprint density at radius 1 is 0.632 bits per heavy atom. The van der Waals surface area contributed by atoms with E-state index in [1.165, 1.54) is 37.8 Å². The molecule has 220 valence electrons. The van der Waals surface area contributed by atoms with E-state index in [0.717, 1.165) is 117 Å². The first-order valence-corrected chi connectivity index (χ1v) is 15.3. The fraction of sp³-hybridized carbons (Fsp3) is 0.867. The lowest BCUT2D eigenvalue weighted by Gasteiger charge is -2.26. The number of hydrogen-bond acceptors (Lipinski definition) is 8. The summed E-state index contributed by atoms with van der Waals surface area (Å²) in [4.78, 5) is 29.4. The molecule has 2 fully saturated rings. The molecule has 0 saturated carbocycles. The van der Waals surface area contributed by atoms with Gasteiger partial charge >= 0.3 is 11.9 Å². The third kappa shape index (κ3) is 15.8. The lowest BCUT2D eigenvalue weighted by Crippen LogP contribution is -2.36. The third-order valence-corrected chi connectivity index (χ3v) is 7.54. The van der Waals surface area contributed by atoms with E-state index in [9.17, 15) is 9.59 Å². The highest BCUT2D eigenvalue weighted by atomic mass is 16.5. The normalized spacial score (nSPS) is 18.9. The molecule has 38 heavy (non-hydrogen) atoms. The first kappa shape index (κ1) is 32.7. The third-order valence-electron chi connectivity index (χ3n) is 7.54. The van der Waals surface area contributed by atoms with Crippen LogP contribution in [-0.2, 0) is 28.5 Å². The van der Waals surface area contributed by atoms with E-state index in [-0.39, 0.29) is 12.2 Å². The Hall–Kier alpha value is -1.48. The second-order valence-corrected chi connectivity index (χ2v) is 10.6. The van der Waals surface area contributed by atoms with Gasteiger partial charge in [-0.1, -0.05) is 39.5 Å². The van der Waals surface area contributed by atoms with Crippen molar-refractivity contribution in [3.05, 3.63) is 12.2 Å². The molecule has 8 heteroatoms. The van der Waals surface area contributed by atoms with E-state index in [2.05, 4.69) is 9.80 Å². The van der Waals surface area contributed by atoms with Crippen LogP contribution in [0.15, 0.2) is 12.2 Å². The van der Waals surface area contributed by atoms with Crippen LogP contribution in [0.25, 0.3) is 0 Å². The van der Waals surface area contributed by atoms with Crippen molar-refractivity contribution in [3.8, 4) is 0 Å². The average molecular weight is 539 g/mol. The zero-order valence-corrected chi connectivity index (χ0v) is 24.2. The average Bonchev–Trinajstić information content (AvgIpc) is 2.95. The summed E-state index contributed by atoms with van der Waals surface area (Å²) in [6.07, 6.45) is 14.7. The Morgan fingerprint density at radius 3 is 1.37 bits per heavy atom. The number of morpholine rings is 2. The molecule has 2 saturated heterocycles. The van der Waals surface area contributed by atoms with Gasteiger partial charge in [0.1, 0.15) is 12.2 Å². The maximum Gasteiger partial charge on any atom is 0.331 e. The number of hydrogen-bond donors (Lipinski definition) is 0. The zero-order valence-electron chi connectivity index (χ0n) is 24.2. The lowest BCUT2D eigenvalue weighted by atomic mass is 10.1. The second kappa shape index (κ2) is 21.4. The van der Waals surface area contributed by atoms with Crippen molar-refractivity contribution in [1.29, 1.82) is 0 Å². The number of nitrogens with zero attached hydrogens (tertiary/aromatic N) is 2. The molecule has 2 unspecified atom stereocenters. The van der Waals surface area contributed by atoms with Gasteiger partial charge in [-0.15, -0.1) is 0 Å². The highest BCUT2D eigenvalue weighted by molar-refractivity contribution is 5.91. The number of carbonyl (C=O) groups is 2. The standard InChI is InChI=1S/C30H54N2O6/c1-3-27(13-9-5-7-11-17-31-19-23-35-24-20-31)37-29(33)15-16-30(34)38-28(4-2)14-10-6-8-12-18-32-21-25-36-26-22-32/h15-16,27-28H,3-14,17-26H2,1-2H3/b16-15+. The van der Waals surface area contributed by atoms with E-state index in [1.54, 1.807) is 0 Å². The molecule has 0 aromatic carbocycles. The summed E-state index contributed by atoms with van der Waals surface area (Å²) in [7, 11) is 0. The minimum Gasteiger partial charge on any atom is -0.459 e. The fourth-order valence-corrected chi connectivity index (χ4v) is 5.01. The van der Waals surface area contributed by atoms with Gasteiger partial charge in [-0.2, -0.15) is 0 Å². The second-order valence-electron chi connectivity index (χ2n) is 10.6. The molecule has 0 radical (unpaired) electrons. The van der Waals surface area contributed by atoms with Crippen LogP contribution in [0.2, 0.25) is 0 Å². The molecule has 0 N–H and O–H groups in total. The predicted molar refractivity (Wildman–Crippen MR) is 150 cm³/mol. The molecular formula is C30H54N2O6. The summed E-state index contributed by atoms with van der Waals surface area (Å²) in [5.41, 5.74) is 0. The molecule has 2 aliphatic heterocycles. The molecule has 0 aliphatic carbocycles. The maximum absolute atomic E-state index is 12.2. The van der Waals surface area contributed by atoms with Gasteiger partial charge in [0.25, 0.3) is 0 Å². The van der Waals surface area contributed by atoms with E-state index >= 15 is 0 Å². The van der Waals surface area contributed by atoms with Crippen molar-refractivity contribution in [2.24, 2.45) is 0 Å². The minimum atomic E-state index is -0.463. The topological polar surface area (TPSA) is 77.5 Å². The molecular weight excluding hydrogens is 484 g/mol. The molecule has 0 spiro atoms. The number of rotatable bonds is 20. The van der Waals surface area contributed by atoms with Gasteiger partial charge in [0.2, 0.25) is 0 Å². The van der Waals surface area contributed by atoms with Crippen LogP contribution in [0.5, 0.6) is 0 Å². The van der Waals surface area contributed by atoms with Crippen LogP contribution >= 0.6 is 0 Å². The van der Waals surface area contributed by atoms with E-state index in [4.69, 9.17) is 18.9 Å². The van der Waals surface area contributed by atoms with Gasteiger partial charge in [0.05, 0.1) is 26.4 Å². The first-order valence-electron chi connectivity index (χ1n) is 15.3. The highest BCUT2D eigenvalue weighted by Crippen LogP contribution is 2.14. The van der Waals surface area contributed by atoms with Crippen LogP contribution in [0.3, 0.4) is 0 Å².